The molecule has 0 saturated carbocycles. The smallest absolute Gasteiger partial charge is 0.112 e. The summed E-state index contributed by atoms with van der Waals surface area (Å²) >= 11 is 0. The Morgan fingerprint density at radius 3 is 1.07 bits per heavy atom. The number of unbranched alkanes of at least 4 members (excludes halogenated alkanes) is 17. The van der Waals surface area contributed by atoms with E-state index in [0.29, 0.717) is 0 Å². The minimum absolute atomic E-state index is 0. The number of hydrogen-bond acceptors (Lipinski definition) is 0. The Kier molecular flexibility index (Phi) is 22.3. The van der Waals surface area contributed by atoms with Crippen molar-refractivity contribution in [2.75, 3.05) is 6.16 Å². The molecule has 0 unspecified atom stereocenters. The summed E-state index contributed by atoms with van der Waals surface area (Å²) in [7, 11) is -1.68. The molecule has 0 atom stereocenters. The van der Waals surface area contributed by atoms with Gasteiger partial charge in [-0.15, -0.1) is 0 Å². The molecule has 0 aliphatic rings. The van der Waals surface area contributed by atoms with Crippen LogP contribution in [0.4, 0.5) is 0 Å². The lowest BCUT2D eigenvalue weighted by atomic mass is 10.1. The standard InChI is InChI=1S/C43H58P.BrH/c1-2-3-4-5-6-7-8-9-10-11-12-13-14-15-16-17-18-19-20-21-22-23-33-40-44(41-34-27-24-28-35-41,42-36-29-25-30-37-42)43-38-31-26-32-39-43;/h24-32,34-39H,2-12,17-23,33,40H2,1H3;1H/q+1;/p-1. The van der Waals surface area contributed by atoms with Crippen molar-refractivity contribution in [3.63, 3.8) is 0 Å². The van der Waals surface area contributed by atoms with E-state index in [-0.39, 0.29) is 17.0 Å². The number of rotatable bonds is 22. The molecule has 0 radical (unpaired) electrons. The fourth-order valence-electron chi connectivity index (χ4n) is 6.24. The van der Waals surface area contributed by atoms with Gasteiger partial charge in [-0.3, -0.25) is 0 Å². The van der Waals surface area contributed by atoms with E-state index in [4.69, 9.17) is 0 Å². The zero-order chi connectivity index (χ0) is 30.8. The average molecular weight is 686 g/mol. The number of hydrogen-bond donors (Lipinski definition) is 0. The van der Waals surface area contributed by atoms with E-state index in [1.54, 1.807) is 0 Å². The summed E-state index contributed by atoms with van der Waals surface area (Å²) in [6, 6.07) is 33.9. The highest BCUT2D eigenvalue weighted by Gasteiger charge is 2.44. The van der Waals surface area contributed by atoms with Gasteiger partial charge in [-0.2, -0.15) is 0 Å². The van der Waals surface area contributed by atoms with Crippen LogP contribution < -0.4 is 32.9 Å². The van der Waals surface area contributed by atoms with Gasteiger partial charge in [0.2, 0.25) is 0 Å². The lowest BCUT2D eigenvalue weighted by Gasteiger charge is -2.27. The molecule has 0 heterocycles. The van der Waals surface area contributed by atoms with Gasteiger partial charge in [0, 0.05) is 12.8 Å². The summed E-state index contributed by atoms with van der Waals surface area (Å²) in [6.07, 6.45) is 26.1. The summed E-state index contributed by atoms with van der Waals surface area (Å²) in [5, 5.41) is 4.51. The molecule has 3 aromatic rings. The van der Waals surface area contributed by atoms with E-state index >= 15 is 0 Å². The highest BCUT2D eigenvalue weighted by atomic mass is 79.9. The second kappa shape index (κ2) is 25.8. The molecule has 0 saturated heterocycles. The summed E-state index contributed by atoms with van der Waals surface area (Å²) in [5.41, 5.74) is 0. The molecule has 0 nitrogen and oxygen atoms in total. The van der Waals surface area contributed by atoms with Gasteiger partial charge in [-0.25, -0.2) is 0 Å². The largest absolute Gasteiger partial charge is 1.00 e. The molecule has 0 aliphatic heterocycles. The Morgan fingerprint density at radius 1 is 0.400 bits per heavy atom. The Morgan fingerprint density at radius 2 is 0.711 bits per heavy atom. The molecule has 0 aromatic heterocycles. The van der Waals surface area contributed by atoms with Gasteiger partial charge < -0.3 is 17.0 Å². The second-order valence-corrected chi connectivity index (χ2v) is 15.9. The van der Waals surface area contributed by atoms with E-state index in [0.717, 1.165) is 12.8 Å². The first-order valence-corrected chi connectivity index (χ1v) is 19.9. The van der Waals surface area contributed by atoms with Crippen LogP contribution in [0.5, 0.6) is 0 Å². The minimum Gasteiger partial charge on any atom is -1.00 e. The quantitative estimate of drug-likeness (QED) is 0.0566. The molecule has 0 amide bonds. The maximum absolute atomic E-state index is 3.28. The lowest BCUT2D eigenvalue weighted by Crippen LogP contribution is -3.00. The van der Waals surface area contributed by atoms with Crippen LogP contribution in [-0.4, -0.2) is 6.16 Å². The summed E-state index contributed by atoms with van der Waals surface area (Å²) in [4.78, 5) is 0. The van der Waals surface area contributed by atoms with Gasteiger partial charge in [0.05, 0.1) is 6.16 Å². The van der Waals surface area contributed by atoms with Crippen LogP contribution in [0, 0.1) is 23.7 Å². The Labute approximate surface area is 288 Å². The molecule has 2 heteroatoms. The SMILES string of the molecule is CCCCCCCCCCCCC#CC#CCCCCCCCCC[P+](c1ccccc1)(c1ccccc1)c1ccccc1.[Br-]. The zero-order valence-electron chi connectivity index (χ0n) is 28.1. The molecule has 0 spiro atoms. The van der Waals surface area contributed by atoms with Crippen molar-refractivity contribution in [1.29, 1.82) is 0 Å². The van der Waals surface area contributed by atoms with Crippen LogP contribution in [0.2, 0.25) is 0 Å². The van der Waals surface area contributed by atoms with Crippen molar-refractivity contribution in [1.82, 2.24) is 0 Å². The Hall–Kier alpha value is -2.31. The van der Waals surface area contributed by atoms with Crippen molar-refractivity contribution in [2.45, 2.75) is 129 Å². The molecule has 242 valence electrons. The molecular formula is C43H58BrP. The van der Waals surface area contributed by atoms with Crippen molar-refractivity contribution in [2.24, 2.45) is 0 Å². The first-order valence-electron chi connectivity index (χ1n) is 17.9. The molecule has 0 N–H and O–H groups in total. The van der Waals surface area contributed by atoms with Crippen LogP contribution in [0.3, 0.4) is 0 Å². The van der Waals surface area contributed by atoms with Crippen molar-refractivity contribution >= 4 is 23.2 Å². The molecule has 0 fully saturated rings. The molecule has 3 rings (SSSR count). The predicted molar refractivity (Wildman–Crippen MR) is 199 cm³/mol. The van der Waals surface area contributed by atoms with Crippen molar-refractivity contribution in [3.8, 4) is 23.7 Å². The average Bonchev–Trinajstić information content (AvgIpc) is 3.08. The van der Waals surface area contributed by atoms with Gasteiger partial charge in [0.25, 0.3) is 0 Å². The molecular weight excluding hydrogens is 627 g/mol. The van der Waals surface area contributed by atoms with E-state index in [1.807, 2.05) is 0 Å². The van der Waals surface area contributed by atoms with Crippen LogP contribution in [0.15, 0.2) is 91.0 Å². The fraction of sp³-hybridized carbons (Fsp3) is 0.488. The highest BCUT2D eigenvalue weighted by Crippen LogP contribution is 2.56. The van der Waals surface area contributed by atoms with Gasteiger partial charge in [-0.05, 0) is 73.9 Å². The monoisotopic (exact) mass is 684 g/mol. The van der Waals surface area contributed by atoms with Crippen LogP contribution >= 0.6 is 7.26 Å². The predicted octanol–water partition coefficient (Wildman–Crippen LogP) is 8.42. The number of benzene rings is 3. The molecule has 3 aromatic carbocycles. The maximum Gasteiger partial charge on any atom is 0.112 e. The topological polar surface area (TPSA) is 0 Å². The minimum atomic E-state index is -1.68. The molecule has 0 aliphatic carbocycles. The van der Waals surface area contributed by atoms with E-state index in [2.05, 4.69) is 122 Å². The first kappa shape index (κ1) is 38.9. The number of halogens is 1. The zero-order valence-corrected chi connectivity index (χ0v) is 30.6. The third kappa shape index (κ3) is 15.2. The van der Waals surface area contributed by atoms with E-state index in [9.17, 15) is 0 Å². The van der Waals surface area contributed by atoms with Gasteiger partial charge >= 0.3 is 0 Å². The van der Waals surface area contributed by atoms with Gasteiger partial charge in [-0.1, -0.05) is 157 Å². The summed E-state index contributed by atoms with van der Waals surface area (Å²) in [6.45, 7) is 2.29. The lowest BCUT2D eigenvalue weighted by molar-refractivity contribution is -0.00000900. The molecule has 45 heavy (non-hydrogen) atoms. The van der Waals surface area contributed by atoms with Crippen LogP contribution in [0.1, 0.15) is 129 Å². The third-order valence-electron chi connectivity index (χ3n) is 8.78. The van der Waals surface area contributed by atoms with Crippen molar-refractivity contribution < 1.29 is 17.0 Å². The fourth-order valence-corrected chi connectivity index (χ4v) is 10.7. The maximum atomic E-state index is 3.28. The third-order valence-corrected chi connectivity index (χ3v) is 13.3. The Balaban J connectivity index is 0.00000705. The first-order chi connectivity index (χ1) is 21.9. The van der Waals surface area contributed by atoms with Crippen LogP contribution in [-0.2, 0) is 0 Å². The van der Waals surface area contributed by atoms with Crippen molar-refractivity contribution in [3.05, 3.63) is 91.0 Å². The second-order valence-electron chi connectivity index (χ2n) is 12.3. The summed E-state index contributed by atoms with van der Waals surface area (Å²) < 4.78 is 0. The van der Waals surface area contributed by atoms with Gasteiger partial charge in [0.1, 0.15) is 23.2 Å². The highest BCUT2D eigenvalue weighted by molar-refractivity contribution is 7.95. The normalized spacial score (nSPS) is 10.7. The molecule has 0 bridgehead atoms. The van der Waals surface area contributed by atoms with E-state index in [1.165, 1.54) is 131 Å². The Bertz CT molecular complexity index is 1130. The van der Waals surface area contributed by atoms with E-state index < -0.39 is 7.26 Å². The summed E-state index contributed by atoms with van der Waals surface area (Å²) in [5.74, 6) is 12.7. The van der Waals surface area contributed by atoms with Crippen LogP contribution in [0.25, 0.3) is 0 Å². The van der Waals surface area contributed by atoms with Gasteiger partial charge in [0.15, 0.2) is 0 Å².